The third kappa shape index (κ3) is 6.97. The Morgan fingerprint density at radius 2 is 1.59 bits per heavy atom. The number of carbonyl (C=O) groups is 2. The van der Waals surface area contributed by atoms with Crippen LogP contribution in [0.5, 0.6) is 0 Å². The van der Waals surface area contributed by atoms with Crippen LogP contribution in [0.1, 0.15) is 44.6 Å². The largest absolute Gasteiger partial charge is 0.374 e. The van der Waals surface area contributed by atoms with E-state index < -0.39 is 12.1 Å². The zero-order valence-corrected chi connectivity index (χ0v) is 20.1. The van der Waals surface area contributed by atoms with Crippen molar-refractivity contribution in [3.8, 4) is 0 Å². The molecule has 2 aromatic rings. The van der Waals surface area contributed by atoms with Crippen LogP contribution in [0.25, 0.3) is 0 Å². The number of nitrogens with one attached hydrogen (secondary N) is 3. The summed E-state index contributed by atoms with van der Waals surface area (Å²) in [6.45, 7) is 6.83. The number of anilines is 2. The van der Waals surface area contributed by atoms with E-state index in [2.05, 4.69) is 68.2 Å². The highest BCUT2D eigenvalue weighted by atomic mass is 16.2. The van der Waals surface area contributed by atoms with Crippen LogP contribution in [-0.4, -0.2) is 55.1 Å². The van der Waals surface area contributed by atoms with Crippen LogP contribution >= 0.6 is 0 Å². The number of nitrogens with zero attached hydrogens (tertiary/aromatic N) is 2. The number of hydrogen-bond acceptors (Lipinski definition) is 5. The van der Waals surface area contributed by atoms with Gasteiger partial charge in [0.25, 0.3) is 0 Å². The lowest BCUT2D eigenvalue weighted by atomic mass is 9.96. The first-order chi connectivity index (χ1) is 16.6. The summed E-state index contributed by atoms with van der Waals surface area (Å²) in [5.74, 6) is -0.327. The molecule has 1 unspecified atom stereocenters. The van der Waals surface area contributed by atoms with Gasteiger partial charge in [-0.3, -0.25) is 15.0 Å². The van der Waals surface area contributed by atoms with E-state index in [9.17, 15) is 9.59 Å². The van der Waals surface area contributed by atoms with Gasteiger partial charge in [-0.05, 0) is 49.6 Å². The predicted octanol–water partition coefficient (Wildman–Crippen LogP) is 3.97. The van der Waals surface area contributed by atoms with Gasteiger partial charge in [-0.1, -0.05) is 49.6 Å². The number of imide groups is 1. The van der Waals surface area contributed by atoms with Crippen LogP contribution in [0, 0.1) is 0 Å². The summed E-state index contributed by atoms with van der Waals surface area (Å²) in [5, 5.41) is 8.58. The molecule has 7 heteroatoms. The molecule has 3 N–H and O–H groups in total. The Morgan fingerprint density at radius 3 is 2.26 bits per heavy atom. The number of amides is 3. The molecule has 2 aromatic carbocycles. The van der Waals surface area contributed by atoms with Crippen LogP contribution in [0.2, 0.25) is 0 Å². The molecule has 1 aliphatic heterocycles. The quantitative estimate of drug-likeness (QED) is 0.579. The summed E-state index contributed by atoms with van der Waals surface area (Å²) in [6, 6.07) is 18.1. The van der Waals surface area contributed by atoms with E-state index in [-0.39, 0.29) is 11.9 Å². The topological polar surface area (TPSA) is 76.7 Å². The second-order valence-corrected chi connectivity index (χ2v) is 9.46. The van der Waals surface area contributed by atoms with Crippen LogP contribution in [0.4, 0.5) is 16.2 Å². The summed E-state index contributed by atoms with van der Waals surface area (Å²) in [5.41, 5.74) is 3.41. The maximum atomic E-state index is 12.4. The zero-order chi connectivity index (χ0) is 23.8. The van der Waals surface area contributed by atoms with Gasteiger partial charge in [-0.2, -0.15) is 0 Å². The highest BCUT2D eigenvalue weighted by Crippen LogP contribution is 2.21. The SMILES string of the molecule is CC(Nc1ccc(N2CCN(Cc3ccccc3)CC2)cc1)C(=O)NC(=O)NC1CCCCC1. The van der Waals surface area contributed by atoms with Crippen LogP contribution in [-0.2, 0) is 11.3 Å². The Bertz CT molecular complexity index is 920. The Morgan fingerprint density at radius 1 is 0.912 bits per heavy atom. The van der Waals surface area contributed by atoms with Crippen molar-refractivity contribution in [2.24, 2.45) is 0 Å². The van der Waals surface area contributed by atoms with Crippen molar-refractivity contribution >= 4 is 23.3 Å². The van der Waals surface area contributed by atoms with Crippen LogP contribution < -0.4 is 20.9 Å². The van der Waals surface area contributed by atoms with Gasteiger partial charge in [0, 0.05) is 50.1 Å². The number of benzene rings is 2. The minimum Gasteiger partial charge on any atom is -0.374 e. The molecular formula is C27H37N5O2. The fraction of sp³-hybridized carbons (Fsp3) is 0.481. The average molecular weight is 464 g/mol. The Balaban J connectivity index is 1.20. The van der Waals surface area contributed by atoms with E-state index in [1.54, 1.807) is 6.92 Å². The molecule has 0 bridgehead atoms. The molecule has 34 heavy (non-hydrogen) atoms. The molecule has 2 aliphatic rings. The molecule has 1 atom stereocenters. The standard InChI is InChI=1S/C27H37N5O2/c1-21(26(33)30-27(34)29-23-10-6-3-7-11-23)28-24-12-14-25(15-13-24)32-18-16-31(17-19-32)20-22-8-4-2-5-9-22/h2,4-5,8-9,12-15,21,23,28H,3,6-7,10-11,16-20H2,1H3,(H2,29,30,33,34). The first kappa shape index (κ1) is 24.1. The summed E-state index contributed by atoms with van der Waals surface area (Å²) in [4.78, 5) is 29.5. The molecule has 0 spiro atoms. The van der Waals surface area contributed by atoms with Gasteiger partial charge in [0.05, 0.1) is 0 Å². The van der Waals surface area contributed by atoms with Crippen molar-refractivity contribution < 1.29 is 9.59 Å². The molecule has 2 fully saturated rings. The average Bonchev–Trinajstić information content (AvgIpc) is 2.86. The highest BCUT2D eigenvalue weighted by molar-refractivity contribution is 5.98. The van der Waals surface area contributed by atoms with Crippen molar-refractivity contribution in [2.75, 3.05) is 36.4 Å². The van der Waals surface area contributed by atoms with Crippen molar-refractivity contribution in [3.63, 3.8) is 0 Å². The maximum absolute atomic E-state index is 12.4. The first-order valence-electron chi connectivity index (χ1n) is 12.6. The van der Waals surface area contributed by atoms with Crippen LogP contribution in [0.3, 0.4) is 0 Å². The van der Waals surface area contributed by atoms with Crippen molar-refractivity contribution in [2.45, 2.75) is 57.7 Å². The van der Waals surface area contributed by atoms with Crippen LogP contribution in [0.15, 0.2) is 54.6 Å². The maximum Gasteiger partial charge on any atom is 0.321 e. The number of hydrogen-bond donors (Lipinski definition) is 3. The van der Waals surface area contributed by atoms with Gasteiger partial charge in [0.2, 0.25) is 5.91 Å². The van der Waals surface area contributed by atoms with E-state index >= 15 is 0 Å². The van der Waals surface area contributed by atoms with E-state index in [4.69, 9.17) is 0 Å². The zero-order valence-electron chi connectivity index (χ0n) is 20.1. The fourth-order valence-electron chi connectivity index (χ4n) is 4.78. The van der Waals surface area contributed by atoms with E-state index in [1.165, 1.54) is 17.7 Å². The molecule has 1 heterocycles. The molecule has 1 saturated carbocycles. The molecule has 0 radical (unpaired) electrons. The molecule has 4 rings (SSSR count). The number of urea groups is 1. The highest BCUT2D eigenvalue weighted by Gasteiger charge is 2.20. The van der Waals surface area contributed by atoms with Gasteiger partial charge in [0.15, 0.2) is 0 Å². The van der Waals surface area contributed by atoms with Gasteiger partial charge >= 0.3 is 6.03 Å². The fourth-order valence-corrected chi connectivity index (χ4v) is 4.78. The van der Waals surface area contributed by atoms with Crippen molar-refractivity contribution in [1.29, 1.82) is 0 Å². The lowest BCUT2D eigenvalue weighted by Gasteiger charge is -2.36. The number of piperazine rings is 1. The molecule has 1 saturated heterocycles. The first-order valence-corrected chi connectivity index (χ1v) is 12.6. The van der Waals surface area contributed by atoms with Gasteiger partial charge < -0.3 is 15.5 Å². The second kappa shape index (κ2) is 11.9. The van der Waals surface area contributed by atoms with Gasteiger partial charge in [-0.15, -0.1) is 0 Å². The van der Waals surface area contributed by atoms with Gasteiger partial charge in [-0.25, -0.2) is 4.79 Å². The third-order valence-corrected chi connectivity index (χ3v) is 6.81. The Labute approximate surface area is 202 Å². The Kier molecular flexibility index (Phi) is 8.41. The van der Waals surface area contributed by atoms with Gasteiger partial charge in [0.1, 0.15) is 6.04 Å². The lowest BCUT2D eigenvalue weighted by Crippen LogP contribution is -2.49. The monoisotopic (exact) mass is 463 g/mol. The molecule has 3 amide bonds. The molecule has 7 nitrogen and oxygen atoms in total. The lowest BCUT2D eigenvalue weighted by molar-refractivity contribution is -0.120. The summed E-state index contributed by atoms with van der Waals surface area (Å²) >= 11 is 0. The molecular weight excluding hydrogens is 426 g/mol. The minimum absolute atomic E-state index is 0.178. The number of carbonyl (C=O) groups excluding carboxylic acids is 2. The second-order valence-electron chi connectivity index (χ2n) is 9.46. The number of rotatable bonds is 7. The molecule has 0 aromatic heterocycles. The van der Waals surface area contributed by atoms with E-state index in [0.717, 1.165) is 64.1 Å². The van der Waals surface area contributed by atoms with Crippen molar-refractivity contribution in [1.82, 2.24) is 15.5 Å². The normalized spacial score (nSPS) is 18.2. The Hall–Kier alpha value is -3.06. The molecule has 1 aliphatic carbocycles. The molecule has 182 valence electrons. The summed E-state index contributed by atoms with van der Waals surface area (Å²) in [6.07, 6.45) is 5.48. The van der Waals surface area contributed by atoms with E-state index in [1.807, 2.05) is 12.1 Å². The summed E-state index contributed by atoms with van der Waals surface area (Å²) < 4.78 is 0. The predicted molar refractivity (Wildman–Crippen MR) is 137 cm³/mol. The smallest absolute Gasteiger partial charge is 0.321 e. The minimum atomic E-state index is -0.510. The summed E-state index contributed by atoms with van der Waals surface area (Å²) in [7, 11) is 0. The van der Waals surface area contributed by atoms with Crippen molar-refractivity contribution in [3.05, 3.63) is 60.2 Å². The third-order valence-electron chi connectivity index (χ3n) is 6.81. The van der Waals surface area contributed by atoms with E-state index in [0.29, 0.717) is 0 Å².